The van der Waals surface area contributed by atoms with Gasteiger partial charge in [-0.25, -0.2) is 0 Å². The molecule has 0 aromatic heterocycles. The van der Waals surface area contributed by atoms with Crippen LogP contribution in [0.1, 0.15) is 12.8 Å². The van der Waals surface area contributed by atoms with E-state index in [1.165, 1.54) is 12.8 Å². The second kappa shape index (κ2) is 3.20. The van der Waals surface area contributed by atoms with Gasteiger partial charge in [-0.3, -0.25) is 0 Å². The average molecular weight is 169 g/mol. The Balaban J connectivity index is 1.84. The molecule has 0 aromatic rings. The zero-order valence-electron chi connectivity index (χ0n) is 6.70. The van der Waals surface area contributed by atoms with Crippen molar-refractivity contribution in [3.63, 3.8) is 0 Å². The highest BCUT2D eigenvalue weighted by atomic mass is 32.2. The molecule has 0 aliphatic heterocycles. The maximum absolute atomic E-state index is 5.47. The smallest absolute Gasteiger partial charge is 0.0116 e. The Kier molecular flexibility index (Phi) is 2.23. The van der Waals surface area contributed by atoms with Gasteiger partial charge in [0.05, 0.1) is 0 Å². The first-order valence-electron chi connectivity index (χ1n) is 4.40. The van der Waals surface area contributed by atoms with Gasteiger partial charge >= 0.3 is 0 Å². The number of allylic oxidation sites excluding steroid dienone is 2. The predicted octanol–water partition coefficient (Wildman–Crippen LogP) is 1.64. The Bertz CT molecular complexity index is 167. The molecule has 3 unspecified atom stereocenters. The lowest BCUT2D eigenvalue weighted by Crippen LogP contribution is -2.12. The van der Waals surface area contributed by atoms with E-state index in [0.717, 1.165) is 29.4 Å². The molecule has 2 bridgehead atoms. The maximum Gasteiger partial charge on any atom is 0.0116 e. The first-order chi connectivity index (χ1) is 5.40. The Morgan fingerprint density at radius 3 is 2.82 bits per heavy atom. The molecule has 2 N–H and O–H groups in total. The number of nitrogens with two attached hydrogens (primary N) is 1. The minimum Gasteiger partial charge on any atom is -0.330 e. The van der Waals surface area contributed by atoms with Gasteiger partial charge in [-0.05, 0) is 24.7 Å². The third-order valence-electron chi connectivity index (χ3n) is 2.67. The first-order valence-corrected chi connectivity index (χ1v) is 5.45. The van der Waals surface area contributed by atoms with Crippen LogP contribution in [0.15, 0.2) is 12.2 Å². The van der Waals surface area contributed by atoms with Crippen molar-refractivity contribution in [2.75, 3.05) is 12.3 Å². The summed E-state index contributed by atoms with van der Waals surface area (Å²) in [5.74, 6) is 2.94. The van der Waals surface area contributed by atoms with Gasteiger partial charge in [0.15, 0.2) is 0 Å². The highest BCUT2D eigenvalue weighted by Gasteiger charge is 2.35. The van der Waals surface area contributed by atoms with Crippen LogP contribution in [0.25, 0.3) is 0 Å². The number of hydrogen-bond acceptors (Lipinski definition) is 2. The average Bonchev–Trinajstić information content (AvgIpc) is 2.60. The fourth-order valence-corrected chi connectivity index (χ4v) is 3.41. The summed E-state index contributed by atoms with van der Waals surface area (Å²) in [5.41, 5.74) is 5.47. The lowest BCUT2D eigenvalue weighted by Gasteiger charge is -2.16. The van der Waals surface area contributed by atoms with Crippen molar-refractivity contribution in [2.24, 2.45) is 17.6 Å². The Morgan fingerprint density at radius 1 is 1.36 bits per heavy atom. The standard InChI is InChI=1S/C9H15NS/c10-3-4-11-9-6-7-1-2-8(9)5-7/h1-2,7-9H,3-6,10H2. The summed E-state index contributed by atoms with van der Waals surface area (Å²) in [4.78, 5) is 0. The third kappa shape index (κ3) is 1.47. The highest BCUT2D eigenvalue weighted by Crippen LogP contribution is 2.44. The summed E-state index contributed by atoms with van der Waals surface area (Å²) in [6.45, 7) is 0.836. The van der Waals surface area contributed by atoms with Crippen LogP contribution < -0.4 is 5.73 Å². The summed E-state index contributed by atoms with van der Waals surface area (Å²) >= 11 is 2.07. The highest BCUT2D eigenvalue weighted by molar-refractivity contribution is 7.99. The molecule has 11 heavy (non-hydrogen) atoms. The summed E-state index contributed by atoms with van der Waals surface area (Å²) < 4.78 is 0. The monoisotopic (exact) mass is 169 g/mol. The van der Waals surface area contributed by atoms with Crippen molar-refractivity contribution in [1.82, 2.24) is 0 Å². The van der Waals surface area contributed by atoms with Crippen LogP contribution in [0, 0.1) is 11.8 Å². The zero-order chi connectivity index (χ0) is 7.68. The normalized spacial score (nSPS) is 40.3. The Labute approximate surface area is 72.4 Å². The molecule has 3 atom stereocenters. The van der Waals surface area contributed by atoms with Gasteiger partial charge in [0.1, 0.15) is 0 Å². The Morgan fingerprint density at radius 2 is 2.27 bits per heavy atom. The van der Waals surface area contributed by atoms with Crippen LogP contribution >= 0.6 is 11.8 Å². The third-order valence-corrected chi connectivity index (χ3v) is 4.11. The van der Waals surface area contributed by atoms with Crippen LogP contribution in [0.2, 0.25) is 0 Å². The molecule has 1 fully saturated rings. The van der Waals surface area contributed by atoms with Gasteiger partial charge in [0.25, 0.3) is 0 Å². The van der Waals surface area contributed by atoms with E-state index in [0.29, 0.717) is 0 Å². The topological polar surface area (TPSA) is 26.0 Å². The first kappa shape index (κ1) is 7.69. The van der Waals surface area contributed by atoms with Crippen LogP contribution in [-0.4, -0.2) is 17.5 Å². The number of fused-ring (bicyclic) bond motifs is 2. The molecule has 0 saturated heterocycles. The minimum absolute atomic E-state index is 0.836. The van der Waals surface area contributed by atoms with E-state index in [2.05, 4.69) is 23.9 Å². The van der Waals surface area contributed by atoms with Gasteiger partial charge in [-0.2, -0.15) is 11.8 Å². The SMILES string of the molecule is NCCSC1CC2C=CC1C2. The van der Waals surface area contributed by atoms with E-state index < -0.39 is 0 Å². The molecular formula is C9H15NS. The van der Waals surface area contributed by atoms with Crippen LogP contribution in [0.5, 0.6) is 0 Å². The molecule has 2 aliphatic rings. The maximum atomic E-state index is 5.47. The van der Waals surface area contributed by atoms with Crippen LogP contribution in [0.3, 0.4) is 0 Å². The van der Waals surface area contributed by atoms with Gasteiger partial charge in [0, 0.05) is 17.5 Å². The molecule has 62 valence electrons. The second-order valence-electron chi connectivity index (χ2n) is 3.48. The molecule has 0 radical (unpaired) electrons. The molecule has 0 amide bonds. The van der Waals surface area contributed by atoms with E-state index in [9.17, 15) is 0 Å². The van der Waals surface area contributed by atoms with Crippen LogP contribution in [-0.2, 0) is 0 Å². The minimum atomic E-state index is 0.836. The molecule has 1 nitrogen and oxygen atoms in total. The van der Waals surface area contributed by atoms with Gasteiger partial charge in [0.2, 0.25) is 0 Å². The molecule has 2 heteroatoms. The van der Waals surface area contributed by atoms with Gasteiger partial charge in [-0.1, -0.05) is 12.2 Å². The summed E-state index contributed by atoms with van der Waals surface area (Å²) in [6, 6.07) is 0. The molecule has 0 aromatic carbocycles. The van der Waals surface area contributed by atoms with Crippen molar-refractivity contribution in [1.29, 1.82) is 0 Å². The molecule has 0 heterocycles. The molecule has 0 spiro atoms. The zero-order valence-corrected chi connectivity index (χ0v) is 7.52. The van der Waals surface area contributed by atoms with Crippen LogP contribution in [0.4, 0.5) is 0 Å². The largest absolute Gasteiger partial charge is 0.330 e. The second-order valence-corrected chi connectivity index (χ2v) is 4.83. The predicted molar refractivity (Wildman–Crippen MR) is 50.7 cm³/mol. The fraction of sp³-hybridized carbons (Fsp3) is 0.778. The number of thioether (sulfide) groups is 1. The van der Waals surface area contributed by atoms with Crippen molar-refractivity contribution < 1.29 is 0 Å². The molecule has 2 rings (SSSR count). The fourth-order valence-electron chi connectivity index (χ4n) is 2.14. The molecular weight excluding hydrogens is 154 g/mol. The molecule has 2 aliphatic carbocycles. The van der Waals surface area contributed by atoms with Crippen molar-refractivity contribution >= 4 is 11.8 Å². The quantitative estimate of drug-likeness (QED) is 0.650. The van der Waals surface area contributed by atoms with E-state index in [-0.39, 0.29) is 0 Å². The van der Waals surface area contributed by atoms with Gasteiger partial charge < -0.3 is 5.73 Å². The number of hydrogen-bond donors (Lipinski definition) is 1. The summed E-state index contributed by atoms with van der Waals surface area (Å²) in [5, 5.41) is 0.897. The van der Waals surface area contributed by atoms with Crippen molar-refractivity contribution in [3.05, 3.63) is 12.2 Å². The van der Waals surface area contributed by atoms with E-state index >= 15 is 0 Å². The molecule has 1 saturated carbocycles. The van der Waals surface area contributed by atoms with E-state index in [4.69, 9.17) is 5.73 Å². The van der Waals surface area contributed by atoms with E-state index in [1.54, 1.807) is 0 Å². The Hall–Kier alpha value is 0.0500. The summed E-state index contributed by atoms with van der Waals surface area (Å²) in [6.07, 6.45) is 7.63. The van der Waals surface area contributed by atoms with Gasteiger partial charge in [-0.15, -0.1) is 0 Å². The van der Waals surface area contributed by atoms with Crippen molar-refractivity contribution in [3.8, 4) is 0 Å². The summed E-state index contributed by atoms with van der Waals surface area (Å²) in [7, 11) is 0. The lowest BCUT2D eigenvalue weighted by atomic mass is 10.1. The lowest BCUT2D eigenvalue weighted by molar-refractivity contribution is 0.692. The van der Waals surface area contributed by atoms with Crippen molar-refractivity contribution in [2.45, 2.75) is 18.1 Å². The number of rotatable bonds is 3. The van der Waals surface area contributed by atoms with E-state index in [1.807, 2.05) is 0 Å².